The van der Waals surface area contributed by atoms with Gasteiger partial charge in [0.1, 0.15) is 17.6 Å². The third kappa shape index (κ3) is 2.59. The summed E-state index contributed by atoms with van der Waals surface area (Å²) in [7, 11) is 1.42. The van der Waals surface area contributed by atoms with Crippen LogP contribution in [0.2, 0.25) is 0 Å². The lowest BCUT2D eigenvalue weighted by Crippen LogP contribution is -2.37. The van der Waals surface area contributed by atoms with E-state index < -0.39 is 0 Å². The van der Waals surface area contributed by atoms with Crippen LogP contribution in [0, 0.1) is 17.2 Å². The van der Waals surface area contributed by atoms with E-state index in [2.05, 4.69) is 9.88 Å². The van der Waals surface area contributed by atoms with Gasteiger partial charge in [-0.05, 0) is 25.0 Å². The number of hydrogen-bond acceptors (Lipinski definition) is 5. The second-order valence-corrected chi connectivity index (χ2v) is 4.28. The summed E-state index contributed by atoms with van der Waals surface area (Å²) >= 11 is 0. The molecule has 0 radical (unpaired) electrons. The van der Waals surface area contributed by atoms with Crippen LogP contribution in [0.3, 0.4) is 0 Å². The highest BCUT2D eigenvalue weighted by Crippen LogP contribution is 2.22. The number of carbonyl (C=O) groups is 1. The van der Waals surface area contributed by atoms with Crippen molar-refractivity contribution in [1.82, 2.24) is 4.98 Å². The van der Waals surface area contributed by atoms with Crippen LogP contribution in [0.15, 0.2) is 18.2 Å². The molecule has 5 nitrogen and oxygen atoms in total. The van der Waals surface area contributed by atoms with Gasteiger partial charge in [-0.2, -0.15) is 5.26 Å². The van der Waals surface area contributed by atoms with Gasteiger partial charge in [-0.1, -0.05) is 6.07 Å². The van der Waals surface area contributed by atoms with Gasteiger partial charge in [0.05, 0.1) is 13.0 Å². The molecule has 0 spiro atoms. The van der Waals surface area contributed by atoms with E-state index in [4.69, 9.17) is 10.00 Å². The second kappa shape index (κ2) is 5.50. The highest BCUT2D eigenvalue weighted by molar-refractivity contribution is 5.72. The molecular formula is C13H15N3O2. The number of nitrogens with zero attached hydrogens (tertiary/aromatic N) is 3. The maximum Gasteiger partial charge on any atom is 0.308 e. The van der Waals surface area contributed by atoms with Gasteiger partial charge < -0.3 is 9.64 Å². The number of rotatable bonds is 2. The maximum atomic E-state index is 11.4. The van der Waals surface area contributed by atoms with Crippen molar-refractivity contribution >= 4 is 11.8 Å². The van der Waals surface area contributed by atoms with Crippen molar-refractivity contribution in [3.63, 3.8) is 0 Å². The Balaban J connectivity index is 2.01. The molecule has 94 valence electrons. The van der Waals surface area contributed by atoms with Gasteiger partial charge in [-0.25, -0.2) is 4.98 Å². The molecule has 0 atom stereocenters. The van der Waals surface area contributed by atoms with Gasteiger partial charge >= 0.3 is 5.97 Å². The lowest BCUT2D eigenvalue weighted by Gasteiger charge is -2.31. The summed E-state index contributed by atoms with van der Waals surface area (Å²) in [5, 5.41) is 8.81. The molecule has 0 bridgehead atoms. The lowest BCUT2D eigenvalue weighted by molar-refractivity contribution is -0.146. The number of ether oxygens (including phenoxy) is 1. The Morgan fingerprint density at radius 3 is 2.83 bits per heavy atom. The van der Waals surface area contributed by atoms with E-state index in [0.717, 1.165) is 31.7 Å². The molecule has 1 aliphatic rings. The van der Waals surface area contributed by atoms with Crippen molar-refractivity contribution < 1.29 is 9.53 Å². The highest BCUT2D eigenvalue weighted by atomic mass is 16.5. The number of hydrogen-bond donors (Lipinski definition) is 0. The summed E-state index contributed by atoms with van der Waals surface area (Å²) in [4.78, 5) is 17.8. The Bertz CT molecular complexity index is 473. The average Bonchev–Trinajstić information content (AvgIpc) is 2.46. The van der Waals surface area contributed by atoms with Crippen LogP contribution in [0.4, 0.5) is 5.82 Å². The summed E-state index contributed by atoms with van der Waals surface area (Å²) in [6, 6.07) is 7.43. The smallest absolute Gasteiger partial charge is 0.308 e. The lowest BCUT2D eigenvalue weighted by atomic mass is 9.97. The molecule has 0 amide bonds. The van der Waals surface area contributed by atoms with E-state index in [1.165, 1.54) is 7.11 Å². The fourth-order valence-corrected chi connectivity index (χ4v) is 2.17. The first-order chi connectivity index (χ1) is 8.74. The maximum absolute atomic E-state index is 11.4. The van der Waals surface area contributed by atoms with E-state index in [9.17, 15) is 4.79 Å². The van der Waals surface area contributed by atoms with E-state index in [0.29, 0.717) is 5.69 Å². The molecule has 2 rings (SSSR count). The zero-order chi connectivity index (χ0) is 13.0. The summed E-state index contributed by atoms with van der Waals surface area (Å²) in [6.45, 7) is 1.53. The van der Waals surface area contributed by atoms with Crippen LogP contribution < -0.4 is 4.90 Å². The average molecular weight is 245 g/mol. The Labute approximate surface area is 106 Å². The van der Waals surface area contributed by atoms with Gasteiger partial charge in [-0.3, -0.25) is 4.79 Å². The molecule has 5 heteroatoms. The zero-order valence-corrected chi connectivity index (χ0v) is 10.3. The topological polar surface area (TPSA) is 66.2 Å². The number of aromatic nitrogens is 1. The van der Waals surface area contributed by atoms with Gasteiger partial charge in [0.2, 0.25) is 0 Å². The third-order valence-corrected chi connectivity index (χ3v) is 3.20. The molecule has 0 aliphatic carbocycles. The van der Waals surface area contributed by atoms with E-state index in [1.807, 2.05) is 18.2 Å². The van der Waals surface area contributed by atoms with E-state index in [-0.39, 0.29) is 11.9 Å². The summed E-state index contributed by atoms with van der Waals surface area (Å²) in [5.74, 6) is 0.663. The first kappa shape index (κ1) is 12.4. The van der Waals surface area contributed by atoms with Gasteiger partial charge in [0, 0.05) is 13.1 Å². The number of anilines is 1. The number of esters is 1. The van der Waals surface area contributed by atoms with Crippen molar-refractivity contribution in [1.29, 1.82) is 5.26 Å². The van der Waals surface area contributed by atoms with Crippen LogP contribution in [0.1, 0.15) is 18.5 Å². The van der Waals surface area contributed by atoms with Gasteiger partial charge in [0.15, 0.2) is 0 Å². The molecule has 1 aromatic rings. The van der Waals surface area contributed by atoms with Crippen molar-refractivity contribution in [3.8, 4) is 6.07 Å². The quantitative estimate of drug-likeness (QED) is 0.736. The predicted octanol–water partition coefficient (Wildman–Crippen LogP) is 1.34. The molecule has 0 saturated carbocycles. The van der Waals surface area contributed by atoms with Crippen LogP contribution in [-0.4, -0.2) is 31.2 Å². The fourth-order valence-electron chi connectivity index (χ4n) is 2.17. The van der Waals surface area contributed by atoms with Gasteiger partial charge in [-0.15, -0.1) is 0 Å². The Morgan fingerprint density at radius 1 is 1.50 bits per heavy atom. The summed E-state index contributed by atoms with van der Waals surface area (Å²) in [6.07, 6.45) is 1.54. The molecule has 1 aliphatic heterocycles. The molecule has 1 saturated heterocycles. The zero-order valence-electron chi connectivity index (χ0n) is 10.3. The first-order valence-corrected chi connectivity index (χ1v) is 5.94. The first-order valence-electron chi connectivity index (χ1n) is 5.94. The number of carbonyl (C=O) groups excluding carboxylic acids is 1. The number of piperidine rings is 1. The molecule has 0 aromatic carbocycles. The molecule has 1 fully saturated rings. The number of nitriles is 1. The molecule has 2 heterocycles. The monoisotopic (exact) mass is 245 g/mol. The molecular weight excluding hydrogens is 230 g/mol. The fraction of sp³-hybridized carbons (Fsp3) is 0.462. The van der Waals surface area contributed by atoms with Crippen molar-refractivity contribution in [2.75, 3.05) is 25.1 Å². The van der Waals surface area contributed by atoms with Crippen LogP contribution in [0.5, 0.6) is 0 Å². The number of pyridine rings is 1. The van der Waals surface area contributed by atoms with Crippen molar-refractivity contribution in [3.05, 3.63) is 23.9 Å². The summed E-state index contributed by atoms with van der Waals surface area (Å²) in [5.41, 5.74) is 0.419. The Hall–Kier alpha value is -2.09. The minimum absolute atomic E-state index is 0.00889. The van der Waals surface area contributed by atoms with E-state index >= 15 is 0 Å². The van der Waals surface area contributed by atoms with Crippen molar-refractivity contribution in [2.24, 2.45) is 5.92 Å². The Kier molecular flexibility index (Phi) is 3.78. The Morgan fingerprint density at radius 2 is 2.22 bits per heavy atom. The highest BCUT2D eigenvalue weighted by Gasteiger charge is 2.26. The minimum Gasteiger partial charge on any atom is -0.469 e. The normalized spacial score (nSPS) is 16.1. The van der Waals surface area contributed by atoms with Crippen molar-refractivity contribution in [2.45, 2.75) is 12.8 Å². The van der Waals surface area contributed by atoms with Crippen LogP contribution in [0.25, 0.3) is 0 Å². The minimum atomic E-state index is -0.131. The third-order valence-electron chi connectivity index (χ3n) is 3.20. The summed E-state index contributed by atoms with van der Waals surface area (Å²) < 4.78 is 4.75. The van der Waals surface area contributed by atoms with Crippen LogP contribution in [-0.2, 0) is 9.53 Å². The predicted molar refractivity (Wildman–Crippen MR) is 65.9 cm³/mol. The second-order valence-electron chi connectivity index (χ2n) is 4.28. The standard InChI is InChI=1S/C13H15N3O2/c1-18-13(17)10-5-7-16(8-6-10)12-4-2-3-11(9-14)15-12/h2-4,10H,5-8H2,1H3. The molecule has 1 aromatic heterocycles. The van der Waals surface area contributed by atoms with Crippen LogP contribution >= 0.6 is 0 Å². The molecule has 0 N–H and O–H groups in total. The number of methoxy groups -OCH3 is 1. The largest absolute Gasteiger partial charge is 0.469 e. The SMILES string of the molecule is COC(=O)C1CCN(c2cccc(C#N)n2)CC1. The van der Waals surface area contributed by atoms with E-state index in [1.54, 1.807) is 6.07 Å². The molecule has 0 unspecified atom stereocenters. The molecule has 18 heavy (non-hydrogen) atoms. The van der Waals surface area contributed by atoms with Gasteiger partial charge in [0.25, 0.3) is 0 Å².